The molecule has 2 aromatic carbocycles. The second kappa shape index (κ2) is 12.1. The second-order valence-electron chi connectivity index (χ2n) is 9.31. The molecule has 4 rings (SSSR count). The van der Waals surface area contributed by atoms with Gasteiger partial charge in [-0.3, -0.25) is 19.1 Å². The van der Waals surface area contributed by atoms with Crippen molar-refractivity contribution in [2.24, 2.45) is 0 Å². The van der Waals surface area contributed by atoms with Gasteiger partial charge in [-0.25, -0.2) is 4.98 Å². The van der Waals surface area contributed by atoms with Crippen molar-refractivity contribution < 1.29 is 27.6 Å². The van der Waals surface area contributed by atoms with Crippen molar-refractivity contribution in [3.8, 4) is 0 Å². The smallest absolute Gasteiger partial charge is 0.355 e. The van der Waals surface area contributed by atoms with Gasteiger partial charge in [0.1, 0.15) is 5.69 Å². The standard InChI is InChI=1S/C28H26BrF3N6O3/c1-15-25(36-27(41)22-13-24(28(30,31)32)35-23-9-8-20(29)12-21(22)23)16(2)38(37-15)14-18-4-6-19(7-5-18)26(40)34-11-10-33-17(3)39/h4-9,12-13H,10-11,14H2,1-3H3,(H,33,39)(H,34,40)(H,36,41). The molecular formula is C28H26BrF3N6O3. The molecule has 2 heterocycles. The van der Waals surface area contributed by atoms with Gasteiger partial charge in [0.15, 0.2) is 0 Å². The third-order valence-electron chi connectivity index (χ3n) is 6.26. The summed E-state index contributed by atoms with van der Waals surface area (Å²) in [5.41, 5.74) is 1.48. The molecular weight excluding hydrogens is 605 g/mol. The quantitative estimate of drug-likeness (QED) is 0.237. The van der Waals surface area contributed by atoms with Gasteiger partial charge in [-0.15, -0.1) is 0 Å². The molecule has 0 saturated carbocycles. The summed E-state index contributed by atoms with van der Waals surface area (Å²) >= 11 is 3.30. The van der Waals surface area contributed by atoms with Crippen molar-refractivity contribution in [3.05, 3.63) is 86.8 Å². The number of rotatable bonds is 8. The number of nitrogens with zero attached hydrogens (tertiary/aromatic N) is 3. The van der Waals surface area contributed by atoms with E-state index < -0.39 is 17.8 Å². The zero-order valence-corrected chi connectivity index (χ0v) is 23.9. The predicted octanol–water partition coefficient (Wildman–Crippen LogP) is 5.00. The second-order valence-corrected chi connectivity index (χ2v) is 10.2. The van der Waals surface area contributed by atoms with Crippen molar-refractivity contribution in [3.63, 3.8) is 0 Å². The maximum absolute atomic E-state index is 13.5. The average molecular weight is 631 g/mol. The Morgan fingerprint density at radius 3 is 2.29 bits per heavy atom. The van der Waals surface area contributed by atoms with Gasteiger partial charge < -0.3 is 16.0 Å². The van der Waals surface area contributed by atoms with Gasteiger partial charge in [0, 0.05) is 35.4 Å². The molecule has 41 heavy (non-hydrogen) atoms. The molecule has 0 atom stereocenters. The molecule has 3 amide bonds. The molecule has 9 nitrogen and oxygen atoms in total. The summed E-state index contributed by atoms with van der Waals surface area (Å²) in [7, 11) is 0. The molecule has 0 aliphatic rings. The number of hydrogen-bond donors (Lipinski definition) is 3. The minimum absolute atomic E-state index is 0.0437. The third-order valence-corrected chi connectivity index (χ3v) is 6.75. The zero-order chi connectivity index (χ0) is 29.9. The third kappa shape index (κ3) is 7.09. The van der Waals surface area contributed by atoms with Crippen LogP contribution in [0.2, 0.25) is 0 Å². The minimum Gasteiger partial charge on any atom is -0.355 e. The fraction of sp³-hybridized carbons (Fsp3) is 0.250. The number of halogens is 4. The number of aryl methyl sites for hydroxylation is 1. The van der Waals surface area contributed by atoms with E-state index in [0.29, 0.717) is 46.7 Å². The molecule has 0 radical (unpaired) electrons. The first-order chi connectivity index (χ1) is 19.3. The number of carbonyl (C=O) groups excluding carboxylic acids is 3. The van der Waals surface area contributed by atoms with Crippen LogP contribution in [0.3, 0.4) is 0 Å². The van der Waals surface area contributed by atoms with Crippen LogP contribution >= 0.6 is 15.9 Å². The van der Waals surface area contributed by atoms with E-state index in [9.17, 15) is 27.6 Å². The number of fused-ring (bicyclic) bond motifs is 1. The Balaban J connectivity index is 1.51. The van der Waals surface area contributed by atoms with E-state index >= 15 is 0 Å². The summed E-state index contributed by atoms with van der Waals surface area (Å²) in [6, 6.07) is 12.2. The number of alkyl halides is 3. The highest BCUT2D eigenvalue weighted by Gasteiger charge is 2.34. The maximum atomic E-state index is 13.5. The van der Waals surface area contributed by atoms with E-state index in [1.807, 2.05) is 0 Å². The average Bonchev–Trinajstić information content (AvgIpc) is 3.17. The number of amides is 3. The van der Waals surface area contributed by atoms with Gasteiger partial charge in [-0.05, 0) is 55.8 Å². The lowest BCUT2D eigenvalue weighted by Gasteiger charge is -2.13. The number of aromatic nitrogens is 3. The van der Waals surface area contributed by atoms with Gasteiger partial charge in [-0.2, -0.15) is 18.3 Å². The molecule has 0 spiro atoms. The molecule has 214 valence electrons. The molecule has 13 heteroatoms. The number of anilines is 1. The Hall–Kier alpha value is -4.26. The summed E-state index contributed by atoms with van der Waals surface area (Å²) in [6.45, 7) is 5.79. The molecule has 4 aromatic rings. The van der Waals surface area contributed by atoms with Crippen molar-refractivity contribution in [1.29, 1.82) is 0 Å². The fourth-order valence-electron chi connectivity index (χ4n) is 4.19. The van der Waals surface area contributed by atoms with E-state index in [-0.39, 0.29) is 28.3 Å². The molecule has 2 aromatic heterocycles. The molecule has 0 aliphatic carbocycles. The van der Waals surface area contributed by atoms with Crippen LogP contribution in [0.1, 0.15) is 50.3 Å². The van der Waals surface area contributed by atoms with Crippen LogP contribution in [0.4, 0.5) is 18.9 Å². The van der Waals surface area contributed by atoms with Gasteiger partial charge in [-0.1, -0.05) is 28.1 Å². The topological polar surface area (TPSA) is 118 Å². The lowest BCUT2D eigenvalue weighted by atomic mass is 10.1. The van der Waals surface area contributed by atoms with Crippen molar-refractivity contribution >= 4 is 50.2 Å². The molecule has 0 fully saturated rings. The largest absolute Gasteiger partial charge is 0.433 e. The number of hydrogen-bond acceptors (Lipinski definition) is 5. The van der Waals surface area contributed by atoms with Crippen LogP contribution in [-0.4, -0.2) is 45.6 Å². The van der Waals surface area contributed by atoms with Gasteiger partial charge in [0.25, 0.3) is 11.8 Å². The van der Waals surface area contributed by atoms with Gasteiger partial charge in [0.05, 0.1) is 34.7 Å². The number of nitrogens with one attached hydrogen (secondary N) is 3. The van der Waals surface area contributed by atoms with E-state index in [2.05, 4.69) is 42.0 Å². The Kier molecular flexibility index (Phi) is 8.76. The fourth-order valence-corrected chi connectivity index (χ4v) is 4.56. The molecule has 0 aliphatic heterocycles. The monoisotopic (exact) mass is 630 g/mol. The highest BCUT2D eigenvalue weighted by atomic mass is 79.9. The Labute approximate surface area is 241 Å². The zero-order valence-electron chi connectivity index (χ0n) is 22.3. The molecule has 0 saturated heterocycles. The SMILES string of the molecule is CC(=O)NCCNC(=O)c1ccc(Cn2nc(C)c(NC(=O)c3cc(C(F)(F)F)nc4ccc(Br)cc34)c2C)cc1. The summed E-state index contributed by atoms with van der Waals surface area (Å²) in [5.74, 6) is -1.17. The Morgan fingerprint density at radius 1 is 0.951 bits per heavy atom. The number of pyridine rings is 1. The number of carbonyl (C=O) groups is 3. The summed E-state index contributed by atoms with van der Waals surface area (Å²) in [4.78, 5) is 40.2. The summed E-state index contributed by atoms with van der Waals surface area (Å²) in [6.07, 6.45) is -4.73. The van der Waals surface area contributed by atoms with E-state index in [1.54, 1.807) is 54.9 Å². The minimum atomic E-state index is -4.73. The van der Waals surface area contributed by atoms with Crippen molar-refractivity contribution in [1.82, 2.24) is 25.4 Å². The van der Waals surface area contributed by atoms with Crippen LogP contribution in [0, 0.1) is 13.8 Å². The Morgan fingerprint density at radius 2 is 1.63 bits per heavy atom. The first-order valence-corrected chi connectivity index (χ1v) is 13.3. The lowest BCUT2D eigenvalue weighted by molar-refractivity contribution is -0.141. The molecule has 3 N–H and O–H groups in total. The highest BCUT2D eigenvalue weighted by Crippen LogP contribution is 2.32. The van der Waals surface area contributed by atoms with Gasteiger partial charge >= 0.3 is 6.18 Å². The highest BCUT2D eigenvalue weighted by molar-refractivity contribution is 9.10. The first-order valence-electron chi connectivity index (χ1n) is 12.5. The maximum Gasteiger partial charge on any atom is 0.433 e. The molecule has 0 bridgehead atoms. The normalized spacial score (nSPS) is 11.4. The van der Waals surface area contributed by atoms with Crippen LogP contribution in [0.5, 0.6) is 0 Å². The van der Waals surface area contributed by atoms with Crippen LogP contribution in [0.15, 0.2) is 53.0 Å². The van der Waals surface area contributed by atoms with E-state index in [4.69, 9.17) is 0 Å². The lowest BCUT2D eigenvalue weighted by Crippen LogP contribution is -2.33. The summed E-state index contributed by atoms with van der Waals surface area (Å²) in [5, 5.41) is 12.8. The molecule has 0 unspecified atom stereocenters. The van der Waals surface area contributed by atoms with Crippen molar-refractivity contribution in [2.45, 2.75) is 33.5 Å². The van der Waals surface area contributed by atoms with Crippen LogP contribution in [-0.2, 0) is 17.5 Å². The predicted molar refractivity (Wildman–Crippen MR) is 151 cm³/mol. The Bertz CT molecular complexity index is 1630. The first kappa shape index (κ1) is 29.7. The number of benzene rings is 2. The van der Waals surface area contributed by atoms with E-state index in [0.717, 1.165) is 11.6 Å². The van der Waals surface area contributed by atoms with Crippen LogP contribution in [0.25, 0.3) is 10.9 Å². The van der Waals surface area contributed by atoms with Crippen LogP contribution < -0.4 is 16.0 Å². The summed E-state index contributed by atoms with van der Waals surface area (Å²) < 4.78 is 42.8. The van der Waals surface area contributed by atoms with E-state index in [1.165, 1.54) is 13.0 Å². The van der Waals surface area contributed by atoms with Crippen molar-refractivity contribution in [2.75, 3.05) is 18.4 Å². The van der Waals surface area contributed by atoms with Gasteiger partial charge in [0.2, 0.25) is 5.91 Å².